The molecule has 2 heterocycles. The van der Waals surface area contributed by atoms with E-state index in [2.05, 4.69) is 57.9 Å². The van der Waals surface area contributed by atoms with Crippen molar-refractivity contribution in [2.45, 2.75) is 70.1 Å². The van der Waals surface area contributed by atoms with Gasteiger partial charge in [-0.2, -0.15) is 0 Å². The number of ether oxygens (including phenoxy) is 1. The van der Waals surface area contributed by atoms with Crippen molar-refractivity contribution in [3.63, 3.8) is 0 Å². The van der Waals surface area contributed by atoms with Crippen molar-refractivity contribution in [3.8, 4) is 17.0 Å². The lowest BCUT2D eigenvalue weighted by molar-refractivity contribution is 0.147. The average Bonchev–Trinajstić information content (AvgIpc) is 3.27. The largest absolute Gasteiger partial charge is 0.488 e. The maximum Gasteiger partial charge on any atom is 0.143 e. The van der Waals surface area contributed by atoms with Crippen molar-refractivity contribution in [2.75, 3.05) is 17.7 Å². The van der Waals surface area contributed by atoms with E-state index < -0.39 is 0 Å². The van der Waals surface area contributed by atoms with Gasteiger partial charge in [-0.15, -0.1) is 0 Å². The molecule has 0 saturated heterocycles. The Balaban J connectivity index is 1.61. The number of anilines is 2. The van der Waals surface area contributed by atoms with Crippen LogP contribution in [0.4, 0.5) is 11.5 Å². The molecule has 5 rings (SSSR count). The summed E-state index contributed by atoms with van der Waals surface area (Å²) in [5.74, 6) is 1.47. The molecule has 5 N–H and O–H groups in total. The van der Waals surface area contributed by atoms with Gasteiger partial charge in [-0.3, -0.25) is 0 Å². The quantitative estimate of drug-likeness (QED) is 0.547. The Labute approximate surface area is 194 Å². The number of nitrogens with zero attached hydrogens (tertiary/aromatic N) is 4. The lowest BCUT2D eigenvalue weighted by Gasteiger charge is -2.37. The second kappa shape index (κ2) is 8.33. The van der Waals surface area contributed by atoms with Crippen LogP contribution < -0.4 is 21.1 Å². The maximum atomic E-state index is 6.64. The van der Waals surface area contributed by atoms with Crippen LogP contribution in [0.5, 0.6) is 5.75 Å². The van der Waals surface area contributed by atoms with Crippen LogP contribution in [0.15, 0.2) is 31.0 Å². The molecule has 174 valence electrons. The molecule has 0 amide bonds. The van der Waals surface area contributed by atoms with Gasteiger partial charge in [-0.05, 0) is 55.2 Å². The first-order valence-corrected chi connectivity index (χ1v) is 11.7. The Morgan fingerprint density at radius 1 is 1.15 bits per heavy atom. The van der Waals surface area contributed by atoms with Crippen molar-refractivity contribution in [3.05, 3.63) is 47.8 Å². The highest BCUT2D eigenvalue weighted by Crippen LogP contribution is 2.49. The van der Waals surface area contributed by atoms with E-state index in [1.54, 1.807) is 12.7 Å². The zero-order valence-corrected chi connectivity index (χ0v) is 19.6. The molecule has 1 fully saturated rings. The minimum absolute atomic E-state index is 0.183. The van der Waals surface area contributed by atoms with Crippen molar-refractivity contribution in [1.29, 1.82) is 0 Å². The molecule has 0 radical (unpaired) electrons. The summed E-state index contributed by atoms with van der Waals surface area (Å²) < 4.78 is 6.64. The second-order valence-electron chi connectivity index (χ2n) is 10.1. The van der Waals surface area contributed by atoms with Crippen LogP contribution in [0.25, 0.3) is 11.3 Å². The highest BCUT2D eigenvalue weighted by Gasteiger charge is 2.37. The predicted molar refractivity (Wildman–Crippen MR) is 130 cm³/mol. The summed E-state index contributed by atoms with van der Waals surface area (Å²) in [7, 11) is 2.10. The summed E-state index contributed by atoms with van der Waals surface area (Å²) in [4.78, 5) is 18.7. The summed E-state index contributed by atoms with van der Waals surface area (Å²) in [6.07, 6.45) is 10.2. The van der Waals surface area contributed by atoms with Crippen molar-refractivity contribution >= 4 is 11.5 Å². The van der Waals surface area contributed by atoms with Crippen LogP contribution >= 0.6 is 0 Å². The minimum Gasteiger partial charge on any atom is -0.488 e. The number of hydrogen-bond acceptors (Lipinski definition) is 7. The number of aromatic amines is 1. The van der Waals surface area contributed by atoms with Crippen LogP contribution in [0.1, 0.15) is 56.4 Å². The van der Waals surface area contributed by atoms with E-state index in [0.29, 0.717) is 12.4 Å². The third-order valence-corrected chi connectivity index (χ3v) is 7.02. The Morgan fingerprint density at radius 2 is 1.94 bits per heavy atom. The molecule has 8 heteroatoms. The van der Waals surface area contributed by atoms with E-state index in [-0.39, 0.29) is 17.6 Å². The number of imidazole rings is 1. The van der Waals surface area contributed by atoms with Crippen molar-refractivity contribution in [2.24, 2.45) is 5.73 Å². The molecular weight excluding hydrogens is 414 g/mol. The number of H-pyrrole nitrogens is 1. The van der Waals surface area contributed by atoms with Gasteiger partial charge in [-0.25, -0.2) is 15.0 Å². The Morgan fingerprint density at radius 3 is 2.67 bits per heavy atom. The lowest BCUT2D eigenvalue weighted by Crippen LogP contribution is -2.33. The molecule has 2 aromatic heterocycles. The molecule has 0 aliphatic heterocycles. The van der Waals surface area contributed by atoms with Gasteiger partial charge < -0.3 is 26.1 Å². The summed E-state index contributed by atoms with van der Waals surface area (Å²) in [5, 5.41) is 0. The number of aromatic nitrogens is 4. The van der Waals surface area contributed by atoms with Crippen LogP contribution in [0.3, 0.4) is 0 Å². The first kappa shape index (κ1) is 21.7. The van der Waals surface area contributed by atoms with Gasteiger partial charge in [-0.1, -0.05) is 13.8 Å². The van der Waals surface area contributed by atoms with E-state index in [1.807, 2.05) is 6.20 Å². The molecule has 1 saturated carbocycles. The van der Waals surface area contributed by atoms with Gasteiger partial charge in [0, 0.05) is 30.4 Å². The fourth-order valence-electron chi connectivity index (χ4n) is 5.42. The topological polar surface area (TPSA) is 119 Å². The Bertz CT molecular complexity index is 1130. The van der Waals surface area contributed by atoms with Crippen LogP contribution in [0.2, 0.25) is 0 Å². The highest BCUT2D eigenvalue weighted by atomic mass is 16.5. The zero-order chi connectivity index (χ0) is 23.2. The molecule has 0 spiro atoms. The van der Waals surface area contributed by atoms with E-state index in [1.165, 1.54) is 5.56 Å². The zero-order valence-electron chi connectivity index (χ0n) is 19.6. The normalized spacial score (nSPS) is 21.2. The summed E-state index contributed by atoms with van der Waals surface area (Å²) in [6.45, 7) is 5.09. The van der Waals surface area contributed by atoms with Crippen LogP contribution in [-0.2, 0) is 18.4 Å². The van der Waals surface area contributed by atoms with Gasteiger partial charge in [0.25, 0.3) is 0 Å². The average molecular weight is 448 g/mol. The van der Waals surface area contributed by atoms with E-state index in [0.717, 1.165) is 66.1 Å². The van der Waals surface area contributed by atoms with E-state index >= 15 is 0 Å². The van der Waals surface area contributed by atoms with Crippen molar-refractivity contribution in [1.82, 2.24) is 19.9 Å². The van der Waals surface area contributed by atoms with Crippen LogP contribution in [-0.4, -0.2) is 39.1 Å². The number of rotatable bonds is 5. The number of nitrogen functional groups attached to an aromatic ring is 1. The summed E-state index contributed by atoms with van der Waals surface area (Å²) in [6, 6.07) is 4.51. The first-order valence-electron chi connectivity index (χ1n) is 11.7. The van der Waals surface area contributed by atoms with Gasteiger partial charge in [0.2, 0.25) is 0 Å². The predicted octanol–water partition coefficient (Wildman–Crippen LogP) is 3.57. The lowest BCUT2D eigenvalue weighted by atomic mass is 9.71. The summed E-state index contributed by atoms with van der Waals surface area (Å²) in [5.41, 5.74) is 18.6. The Hall–Kier alpha value is -3.13. The van der Waals surface area contributed by atoms with Gasteiger partial charge >= 0.3 is 0 Å². The van der Waals surface area contributed by atoms with Gasteiger partial charge in [0.1, 0.15) is 17.9 Å². The molecule has 8 nitrogen and oxygen atoms in total. The molecule has 3 aromatic rings. The third-order valence-electron chi connectivity index (χ3n) is 7.02. The number of nitrogens with one attached hydrogen (secondary N) is 1. The van der Waals surface area contributed by atoms with Gasteiger partial charge in [0.05, 0.1) is 36.1 Å². The highest BCUT2D eigenvalue weighted by molar-refractivity contribution is 5.83. The first-order chi connectivity index (χ1) is 15.8. The molecule has 33 heavy (non-hydrogen) atoms. The molecule has 0 unspecified atom stereocenters. The van der Waals surface area contributed by atoms with Gasteiger partial charge in [0.15, 0.2) is 0 Å². The number of fused-ring (bicyclic) bond motifs is 3. The molecule has 2 aliphatic rings. The molecule has 0 bridgehead atoms. The molecule has 2 aliphatic carbocycles. The second-order valence-corrected chi connectivity index (χ2v) is 10.1. The smallest absolute Gasteiger partial charge is 0.143 e. The molecular formula is C25H33N7O. The standard InChI is InChI=1S/C25H33N7O/c1-25(2)10-19-18(22-21(25)24(27)31-14-30-22)8-9-20(33-17-6-4-15(26)5-7-17)23(19)32(3)12-16-11-28-13-29-16/h8-9,11,13-15,17H,4-7,10,12,26H2,1-3H3,(H,28,29)(H2,27,30,31)/t15-,17-. The van der Waals surface area contributed by atoms with Crippen LogP contribution in [0, 0.1) is 0 Å². The van der Waals surface area contributed by atoms with Crippen molar-refractivity contribution < 1.29 is 4.74 Å². The SMILES string of the molecule is CN(Cc1c[nH]cn1)c1c(O[C@H]2CC[C@H](N)CC2)ccc2c1CC(C)(C)c1c(N)ncnc1-2. The summed E-state index contributed by atoms with van der Waals surface area (Å²) >= 11 is 0. The van der Waals surface area contributed by atoms with E-state index in [4.69, 9.17) is 16.2 Å². The third kappa shape index (κ3) is 4.04. The van der Waals surface area contributed by atoms with E-state index in [9.17, 15) is 0 Å². The molecule has 1 aromatic carbocycles. The number of benzene rings is 1. The maximum absolute atomic E-state index is 6.64. The monoisotopic (exact) mass is 447 g/mol. The minimum atomic E-state index is -0.203. The molecule has 0 atom stereocenters. The Kier molecular flexibility index (Phi) is 5.48. The number of hydrogen-bond donors (Lipinski definition) is 3. The fourth-order valence-corrected chi connectivity index (χ4v) is 5.42. The number of nitrogens with two attached hydrogens (primary N) is 2. The fraction of sp³-hybridized carbons (Fsp3) is 0.480.